The van der Waals surface area contributed by atoms with Crippen molar-refractivity contribution in [3.05, 3.63) is 29.0 Å². The summed E-state index contributed by atoms with van der Waals surface area (Å²) in [5.74, 6) is 1.88. The van der Waals surface area contributed by atoms with Gasteiger partial charge < -0.3 is 10.6 Å². The molecule has 3 rings (SSSR count). The van der Waals surface area contributed by atoms with Gasteiger partial charge in [-0.1, -0.05) is 24.1 Å². The average molecular weight is 449 g/mol. The van der Waals surface area contributed by atoms with E-state index >= 15 is 0 Å². The molecule has 2 aliphatic carbocycles. The van der Waals surface area contributed by atoms with Crippen LogP contribution in [0.15, 0.2) is 23.3 Å². The zero-order valence-electron chi connectivity index (χ0n) is 13.6. The van der Waals surface area contributed by atoms with Crippen molar-refractivity contribution in [2.24, 2.45) is 16.3 Å². The molecule has 0 unspecified atom stereocenters. The Labute approximate surface area is 160 Å². The summed E-state index contributed by atoms with van der Waals surface area (Å²) in [5, 5.41) is 7.46. The maximum absolute atomic E-state index is 5.80. The third kappa shape index (κ3) is 4.95. The van der Waals surface area contributed by atoms with Gasteiger partial charge in [-0.2, -0.15) is 0 Å². The summed E-state index contributed by atoms with van der Waals surface area (Å²) >= 11 is 5.80. The normalized spacial score (nSPS) is 19.5. The van der Waals surface area contributed by atoms with Gasteiger partial charge in [0, 0.05) is 26.3 Å². The molecule has 2 aliphatic rings. The van der Waals surface area contributed by atoms with Crippen LogP contribution in [-0.2, 0) is 6.42 Å². The number of aromatic nitrogens is 1. The standard InChI is InChI=1S/C17H25ClN4.HI/c1-19-16(20-10-7-13-3-6-15(18)21-11-13)22-12-17(8-2-9-17)14-4-5-14;/h3,6,11,14H,2,4-5,7-10,12H2,1H3,(H2,19,20,22);1H. The van der Waals surface area contributed by atoms with Gasteiger partial charge in [-0.05, 0) is 55.1 Å². The average Bonchev–Trinajstić information content (AvgIpc) is 3.31. The SMILES string of the molecule is CN=C(NCCc1ccc(Cl)nc1)NCC1(C2CC2)CCC1.I. The Morgan fingerprint density at radius 2 is 2.13 bits per heavy atom. The van der Waals surface area contributed by atoms with E-state index < -0.39 is 0 Å². The molecule has 128 valence electrons. The molecule has 0 aromatic carbocycles. The molecule has 2 N–H and O–H groups in total. The first-order valence-corrected chi connectivity index (χ1v) is 8.65. The number of nitrogens with one attached hydrogen (secondary N) is 2. The molecule has 0 bridgehead atoms. The molecule has 0 spiro atoms. The molecule has 0 saturated heterocycles. The molecular formula is C17H26ClIN4. The number of hydrogen-bond donors (Lipinski definition) is 2. The van der Waals surface area contributed by atoms with Crippen LogP contribution in [0.2, 0.25) is 5.15 Å². The Hall–Kier alpha value is -0.560. The summed E-state index contributed by atoms with van der Waals surface area (Å²) in [4.78, 5) is 8.43. The molecule has 2 fully saturated rings. The first kappa shape index (κ1) is 18.8. The molecule has 0 radical (unpaired) electrons. The van der Waals surface area contributed by atoms with Gasteiger partial charge in [0.25, 0.3) is 0 Å². The van der Waals surface area contributed by atoms with E-state index in [0.29, 0.717) is 10.6 Å². The molecule has 0 aliphatic heterocycles. The second kappa shape index (κ2) is 8.51. The van der Waals surface area contributed by atoms with Crippen LogP contribution in [-0.4, -0.2) is 31.1 Å². The minimum atomic E-state index is 0. The largest absolute Gasteiger partial charge is 0.356 e. The van der Waals surface area contributed by atoms with E-state index in [0.717, 1.165) is 31.4 Å². The molecular weight excluding hydrogens is 423 g/mol. The van der Waals surface area contributed by atoms with Crippen LogP contribution in [0.5, 0.6) is 0 Å². The van der Waals surface area contributed by atoms with Crippen LogP contribution in [0.25, 0.3) is 0 Å². The van der Waals surface area contributed by atoms with E-state index in [-0.39, 0.29) is 24.0 Å². The van der Waals surface area contributed by atoms with Gasteiger partial charge in [0.15, 0.2) is 5.96 Å². The lowest BCUT2D eigenvalue weighted by atomic mass is 9.65. The smallest absolute Gasteiger partial charge is 0.191 e. The first-order valence-electron chi connectivity index (χ1n) is 8.27. The van der Waals surface area contributed by atoms with Crippen molar-refractivity contribution < 1.29 is 0 Å². The molecule has 1 heterocycles. The third-order valence-electron chi connectivity index (χ3n) is 5.12. The molecule has 23 heavy (non-hydrogen) atoms. The van der Waals surface area contributed by atoms with Crippen LogP contribution in [0, 0.1) is 11.3 Å². The first-order chi connectivity index (χ1) is 10.7. The van der Waals surface area contributed by atoms with E-state index in [1.54, 1.807) is 0 Å². The van der Waals surface area contributed by atoms with Gasteiger partial charge in [-0.25, -0.2) is 4.98 Å². The number of guanidine groups is 1. The summed E-state index contributed by atoms with van der Waals surface area (Å²) in [7, 11) is 1.84. The molecule has 2 saturated carbocycles. The van der Waals surface area contributed by atoms with Crippen molar-refractivity contribution in [3.63, 3.8) is 0 Å². The number of nitrogens with zero attached hydrogens (tertiary/aromatic N) is 2. The maximum Gasteiger partial charge on any atom is 0.191 e. The van der Waals surface area contributed by atoms with Crippen LogP contribution in [0.3, 0.4) is 0 Å². The molecule has 4 nitrogen and oxygen atoms in total. The molecule has 0 amide bonds. The number of aliphatic imine (C=N–C) groups is 1. The quantitative estimate of drug-likeness (QED) is 0.302. The fourth-order valence-corrected chi connectivity index (χ4v) is 3.53. The van der Waals surface area contributed by atoms with Crippen LogP contribution in [0.4, 0.5) is 0 Å². The fourth-order valence-electron chi connectivity index (χ4n) is 3.42. The summed E-state index contributed by atoms with van der Waals surface area (Å²) < 4.78 is 0. The van der Waals surface area contributed by atoms with Crippen molar-refractivity contribution in [1.29, 1.82) is 0 Å². The Morgan fingerprint density at radius 3 is 2.65 bits per heavy atom. The Kier molecular flexibility index (Phi) is 6.95. The predicted molar refractivity (Wildman–Crippen MR) is 107 cm³/mol. The van der Waals surface area contributed by atoms with E-state index in [1.807, 2.05) is 25.4 Å². The number of rotatable bonds is 6. The highest BCUT2D eigenvalue weighted by atomic mass is 127. The Balaban J connectivity index is 0.00000192. The molecule has 1 aromatic rings. The van der Waals surface area contributed by atoms with Gasteiger partial charge >= 0.3 is 0 Å². The fraction of sp³-hybridized carbons (Fsp3) is 0.647. The maximum atomic E-state index is 5.80. The second-order valence-electron chi connectivity index (χ2n) is 6.58. The molecule has 6 heteroatoms. The van der Waals surface area contributed by atoms with Gasteiger partial charge in [0.05, 0.1) is 0 Å². The minimum Gasteiger partial charge on any atom is -0.356 e. The summed E-state index contributed by atoms with van der Waals surface area (Å²) in [6.07, 6.45) is 9.77. The van der Waals surface area contributed by atoms with E-state index in [2.05, 4.69) is 20.6 Å². The van der Waals surface area contributed by atoms with Crippen LogP contribution >= 0.6 is 35.6 Å². The highest BCUT2D eigenvalue weighted by molar-refractivity contribution is 14.0. The summed E-state index contributed by atoms with van der Waals surface area (Å²) in [6.45, 7) is 1.92. The lowest BCUT2D eigenvalue weighted by Crippen LogP contribution is -2.47. The molecule has 1 aromatic heterocycles. The minimum absolute atomic E-state index is 0. The highest BCUT2D eigenvalue weighted by Crippen LogP contribution is 2.56. The lowest BCUT2D eigenvalue weighted by molar-refractivity contribution is 0.106. The monoisotopic (exact) mass is 448 g/mol. The summed E-state index contributed by atoms with van der Waals surface area (Å²) in [5.41, 5.74) is 1.75. The van der Waals surface area contributed by atoms with Gasteiger partial charge in [0.2, 0.25) is 0 Å². The van der Waals surface area contributed by atoms with Crippen LogP contribution < -0.4 is 10.6 Å². The van der Waals surface area contributed by atoms with E-state index in [9.17, 15) is 0 Å². The van der Waals surface area contributed by atoms with Gasteiger partial charge in [-0.15, -0.1) is 24.0 Å². The van der Waals surface area contributed by atoms with E-state index in [4.69, 9.17) is 11.6 Å². The van der Waals surface area contributed by atoms with Crippen molar-refractivity contribution in [1.82, 2.24) is 15.6 Å². The van der Waals surface area contributed by atoms with Crippen LogP contribution in [0.1, 0.15) is 37.7 Å². The highest BCUT2D eigenvalue weighted by Gasteiger charge is 2.48. The van der Waals surface area contributed by atoms with E-state index in [1.165, 1.54) is 37.7 Å². The zero-order chi connectivity index (χ0) is 15.4. The predicted octanol–water partition coefficient (Wildman–Crippen LogP) is 3.64. The zero-order valence-corrected chi connectivity index (χ0v) is 16.7. The van der Waals surface area contributed by atoms with Crippen molar-refractivity contribution in [2.45, 2.75) is 38.5 Å². The Morgan fingerprint density at radius 1 is 1.35 bits per heavy atom. The number of pyridine rings is 1. The Bertz CT molecular complexity index is 524. The molecule has 0 atom stereocenters. The van der Waals surface area contributed by atoms with Crippen molar-refractivity contribution in [2.75, 3.05) is 20.1 Å². The topological polar surface area (TPSA) is 49.3 Å². The third-order valence-corrected chi connectivity index (χ3v) is 5.34. The van der Waals surface area contributed by atoms with Crippen molar-refractivity contribution in [3.8, 4) is 0 Å². The van der Waals surface area contributed by atoms with Crippen molar-refractivity contribution >= 4 is 41.5 Å². The second-order valence-corrected chi connectivity index (χ2v) is 6.97. The number of halogens is 2. The van der Waals surface area contributed by atoms with Gasteiger partial charge in [0.1, 0.15) is 5.15 Å². The number of hydrogen-bond acceptors (Lipinski definition) is 2. The van der Waals surface area contributed by atoms with Gasteiger partial charge in [-0.3, -0.25) is 4.99 Å². The summed E-state index contributed by atoms with van der Waals surface area (Å²) in [6, 6.07) is 3.85. The lowest BCUT2D eigenvalue weighted by Gasteiger charge is -2.43.